The lowest BCUT2D eigenvalue weighted by Gasteiger charge is -2.12. The molecule has 8 heteroatoms. The smallest absolute Gasteiger partial charge is 0.274 e. The molecule has 0 bridgehead atoms. The largest absolute Gasteiger partial charge is 0.330 e. The molecule has 0 saturated heterocycles. The number of halogens is 1. The highest BCUT2D eigenvalue weighted by Crippen LogP contribution is 2.41. The van der Waals surface area contributed by atoms with Crippen molar-refractivity contribution in [3.8, 4) is 0 Å². The van der Waals surface area contributed by atoms with Gasteiger partial charge in [0.15, 0.2) is 5.65 Å². The van der Waals surface area contributed by atoms with Crippen molar-refractivity contribution in [2.24, 2.45) is 0 Å². The monoisotopic (exact) mass is 384 g/mol. The molecule has 0 spiro atoms. The van der Waals surface area contributed by atoms with Gasteiger partial charge in [0.05, 0.1) is 0 Å². The maximum absolute atomic E-state index is 14.0. The van der Waals surface area contributed by atoms with Crippen LogP contribution >= 0.6 is 11.8 Å². The molecule has 0 radical (unpaired) electrons. The van der Waals surface area contributed by atoms with Gasteiger partial charge in [0.2, 0.25) is 0 Å². The van der Waals surface area contributed by atoms with E-state index in [-0.39, 0.29) is 17.8 Å². The molecule has 2 heterocycles. The van der Waals surface area contributed by atoms with Crippen molar-refractivity contribution < 1.29 is 4.39 Å². The molecule has 5 rings (SSSR count). The SMILES string of the molecule is O=c1[nH]c(=O)n(C2CC2)c2nc(C3CC3)nc(SCc3ccccc3F)c12. The van der Waals surface area contributed by atoms with E-state index < -0.39 is 11.2 Å². The lowest BCUT2D eigenvalue weighted by atomic mass is 10.2. The van der Waals surface area contributed by atoms with Gasteiger partial charge < -0.3 is 0 Å². The van der Waals surface area contributed by atoms with Gasteiger partial charge in [-0.3, -0.25) is 14.3 Å². The van der Waals surface area contributed by atoms with Crippen molar-refractivity contribution in [1.82, 2.24) is 19.5 Å². The lowest BCUT2D eigenvalue weighted by molar-refractivity contribution is 0.617. The third kappa shape index (κ3) is 3.07. The number of fused-ring (bicyclic) bond motifs is 1. The molecular formula is C19H17FN4O2S. The number of hydrogen-bond acceptors (Lipinski definition) is 5. The van der Waals surface area contributed by atoms with Crippen LogP contribution in [0, 0.1) is 5.82 Å². The summed E-state index contributed by atoms with van der Waals surface area (Å²) >= 11 is 1.31. The summed E-state index contributed by atoms with van der Waals surface area (Å²) in [6, 6.07) is 6.65. The standard InChI is InChI=1S/C19H17FN4O2S/c20-13-4-2-1-3-11(13)9-27-18-14-16(21-15(22-18)10-5-6-10)24(12-7-8-12)19(26)23-17(14)25/h1-4,10,12H,5-9H2,(H,23,25,26). The Bertz CT molecular complexity index is 1160. The molecule has 3 aromatic rings. The van der Waals surface area contributed by atoms with Gasteiger partial charge >= 0.3 is 5.69 Å². The van der Waals surface area contributed by atoms with Crippen LogP contribution in [0.15, 0.2) is 38.9 Å². The molecule has 0 aliphatic heterocycles. The molecule has 1 N–H and O–H groups in total. The zero-order chi connectivity index (χ0) is 18.5. The predicted octanol–water partition coefficient (Wildman–Crippen LogP) is 3.12. The van der Waals surface area contributed by atoms with Gasteiger partial charge in [-0.1, -0.05) is 18.2 Å². The van der Waals surface area contributed by atoms with Crippen molar-refractivity contribution in [1.29, 1.82) is 0 Å². The number of aromatic nitrogens is 4. The van der Waals surface area contributed by atoms with Crippen LogP contribution in [0.3, 0.4) is 0 Å². The van der Waals surface area contributed by atoms with Gasteiger partial charge in [-0.15, -0.1) is 11.8 Å². The summed E-state index contributed by atoms with van der Waals surface area (Å²) in [5, 5.41) is 0.841. The van der Waals surface area contributed by atoms with Crippen LogP contribution in [-0.4, -0.2) is 19.5 Å². The van der Waals surface area contributed by atoms with E-state index in [2.05, 4.69) is 15.0 Å². The molecule has 0 unspecified atom stereocenters. The number of benzene rings is 1. The summed E-state index contributed by atoms with van der Waals surface area (Å²) < 4.78 is 15.6. The Morgan fingerprint density at radius 1 is 1.15 bits per heavy atom. The van der Waals surface area contributed by atoms with Gasteiger partial charge in [-0.05, 0) is 37.3 Å². The molecule has 1 aromatic carbocycles. The van der Waals surface area contributed by atoms with Crippen LogP contribution in [0.1, 0.15) is 49.0 Å². The number of rotatable bonds is 5. The van der Waals surface area contributed by atoms with Crippen molar-refractivity contribution in [2.75, 3.05) is 0 Å². The van der Waals surface area contributed by atoms with E-state index in [0.29, 0.717) is 33.2 Å². The summed E-state index contributed by atoms with van der Waals surface area (Å²) in [6.07, 6.45) is 3.84. The first-order valence-corrected chi connectivity index (χ1v) is 10.0. The number of thioether (sulfide) groups is 1. The molecule has 2 fully saturated rings. The summed E-state index contributed by atoms with van der Waals surface area (Å²) in [5.41, 5.74) is 0.0687. The zero-order valence-corrected chi connectivity index (χ0v) is 15.3. The van der Waals surface area contributed by atoms with Crippen molar-refractivity contribution in [2.45, 2.75) is 48.4 Å². The third-order valence-electron chi connectivity index (χ3n) is 4.95. The highest BCUT2D eigenvalue weighted by atomic mass is 32.2. The Balaban J connectivity index is 1.66. The first-order chi connectivity index (χ1) is 13.1. The maximum atomic E-state index is 14.0. The summed E-state index contributed by atoms with van der Waals surface area (Å²) in [4.78, 5) is 36.5. The van der Waals surface area contributed by atoms with Crippen molar-refractivity contribution >= 4 is 22.8 Å². The minimum absolute atomic E-state index is 0.0863. The van der Waals surface area contributed by atoms with E-state index >= 15 is 0 Å². The van der Waals surface area contributed by atoms with Crippen LogP contribution < -0.4 is 11.2 Å². The third-order valence-corrected chi connectivity index (χ3v) is 5.97. The lowest BCUT2D eigenvalue weighted by Crippen LogP contribution is -2.31. The Hall–Kier alpha value is -2.48. The Labute approximate surface area is 157 Å². The number of nitrogens with zero attached hydrogens (tertiary/aromatic N) is 3. The normalized spacial score (nSPS) is 16.8. The van der Waals surface area contributed by atoms with Gasteiger partial charge in [0.25, 0.3) is 5.56 Å². The fourth-order valence-corrected chi connectivity index (χ4v) is 4.21. The molecule has 27 heavy (non-hydrogen) atoms. The topological polar surface area (TPSA) is 80.6 Å². The number of nitrogens with one attached hydrogen (secondary N) is 1. The van der Waals surface area contributed by atoms with Crippen LogP contribution in [0.2, 0.25) is 0 Å². The van der Waals surface area contributed by atoms with E-state index in [1.54, 1.807) is 22.8 Å². The molecule has 138 valence electrons. The predicted molar refractivity (Wildman–Crippen MR) is 101 cm³/mol. The molecule has 0 atom stereocenters. The minimum Gasteiger partial charge on any atom is -0.274 e. The number of aromatic amines is 1. The molecule has 2 saturated carbocycles. The van der Waals surface area contributed by atoms with E-state index in [4.69, 9.17) is 0 Å². The minimum atomic E-state index is -0.481. The van der Waals surface area contributed by atoms with Crippen LogP contribution in [0.4, 0.5) is 4.39 Å². The molecule has 0 amide bonds. The van der Waals surface area contributed by atoms with Crippen LogP contribution in [0.5, 0.6) is 0 Å². The first-order valence-electron chi connectivity index (χ1n) is 9.04. The molecular weight excluding hydrogens is 367 g/mol. The highest BCUT2D eigenvalue weighted by Gasteiger charge is 2.32. The summed E-state index contributed by atoms with van der Waals surface area (Å²) in [7, 11) is 0. The average Bonchev–Trinajstić information content (AvgIpc) is 3.53. The van der Waals surface area contributed by atoms with E-state index in [1.807, 2.05) is 0 Å². The van der Waals surface area contributed by atoms with Gasteiger partial charge in [-0.2, -0.15) is 0 Å². The fraction of sp³-hybridized carbons (Fsp3) is 0.368. The van der Waals surface area contributed by atoms with E-state index in [9.17, 15) is 14.0 Å². The number of hydrogen-bond donors (Lipinski definition) is 1. The average molecular weight is 384 g/mol. The molecule has 2 aliphatic carbocycles. The second-order valence-electron chi connectivity index (χ2n) is 7.10. The fourth-order valence-electron chi connectivity index (χ4n) is 3.20. The van der Waals surface area contributed by atoms with E-state index in [1.165, 1.54) is 17.8 Å². The van der Waals surface area contributed by atoms with Crippen LogP contribution in [0.25, 0.3) is 11.0 Å². The Morgan fingerprint density at radius 2 is 1.93 bits per heavy atom. The summed E-state index contributed by atoms with van der Waals surface area (Å²) in [6.45, 7) is 0. The summed E-state index contributed by atoms with van der Waals surface area (Å²) in [5.74, 6) is 1.03. The maximum Gasteiger partial charge on any atom is 0.330 e. The second kappa shape index (κ2) is 6.30. The molecule has 2 aliphatic rings. The Morgan fingerprint density at radius 3 is 2.63 bits per heavy atom. The van der Waals surface area contributed by atoms with Crippen molar-refractivity contribution in [3.63, 3.8) is 0 Å². The quantitative estimate of drug-likeness (QED) is 0.540. The number of H-pyrrole nitrogens is 1. The zero-order valence-electron chi connectivity index (χ0n) is 14.4. The van der Waals surface area contributed by atoms with Gasteiger partial charge in [0, 0.05) is 17.7 Å². The van der Waals surface area contributed by atoms with Crippen LogP contribution in [-0.2, 0) is 5.75 Å². The van der Waals surface area contributed by atoms with Gasteiger partial charge in [-0.25, -0.2) is 19.2 Å². The molecule has 2 aromatic heterocycles. The van der Waals surface area contributed by atoms with Crippen molar-refractivity contribution in [3.05, 3.63) is 62.3 Å². The Kier molecular flexibility index (Phi) is 3.89. The highest BCUT2D eigenvalue weighted by molar-refractivity contribution is 7.98. The second-order valence-corrected chi connectivity index (χ2v) is 8.06. The molecule has 6 nitrogen and oxygen atoms in total. The first kappa shape index (κ1) is 16.7. The van der Waals surface area contributed by atoms with Gasteiger partial charge in [0.1, 0.15) is 22.1 Å². The van der Waals surface area contributed by atoms with E-state index in [0.717, 1.165) is 25.7 Å².